The molecule has 0 aromatic carbocycles. The van der Waals surface area contributed by atoms with E-state index in [0.717, 1.165) is 5.57 Å². The number of carboxylic acid groups (broad SMARTS) is 1. The number of hydrogen-bond acceptors (Lipinski definition) is 22. The van der Waals surface area contributed by atoms with Crippen LogP contribution in [0, 0.1) is 50.2 Å². The van der Waals surface area contributed by atoms with Gasteiger partial charge < -0.3 is 105 Å². The molecule has 0 spiro atoms. The van der Waals surface area contributed by atoms with Gasteiger partial charge >= 0.3 is 11.9 Å². The number of carbonyl (C=O) groups is 2. The van der Waals surface area contributed by atoms with Crippen molar-refractivity contribution >= 4 is 11.9 Å². The minimum absolute atomic E-state index is 0.0620. The molecule has 8 aliphatic rings. The third-order valence-electron chi connectivity index (χ3n) is 20.8. The van der Waals surface area contributed by atoms with Crippen molar-refractivity contribution in [2.75, 3.05) is 26.4 Å². The summed E-state index contributed by atoms with van der Waals surface area (Å²) < 4.78 is 42.0. The SMILES string of the molecule is C/C=C(/C)C(=O)O[C@H]1[C@H](O)C(C)(C)CC2C3=CC[C@@H]4[C@@]5(C)CC[C@H](O[C@@H]6O[C@H](C(=O)O)[C@@H](O[C@@H]7O[C@H](CO)[C@@H](O)[C@H](O)[C@H]7O)[C@H](O)[C@H]6O[C@@H]6O[C@H](CO)[C@@H](O)[C@H](O)[C@H]6O)[C@](C)(CO)C5CC[C@@]4(C)[C@]3(C)C[C@@H](O)[C@]21CO. The molecule has 0 bridgehead atoms. The van der Waals surface area contributed by atoms with Crippen molar-refractivity contribution in [3.63, 3.8) is 0 Å². The number of esters is 1. The quantitative estimate of drug-likeness (QED) is 0.0415. The normalized spacial score (nSPS) is 52.3. The van der Waals surface area contributed by atoms with Crippen molar-refractivity contribution < 1.29 is 114 Å². The van der Waals surface area contributed by atoms with E-state index < -0.39 is 193 Å². The lowest BCUT2D eigenvalue weighted by atomic mass is 9.33. The molecule has 0 radical (unpaired) electrons. The van der Waals surface area contributed by atoms with Crippen LogP contribution in [0.15, 0.2) is 23.3 Å². The van der Waals surface area contributed by atoms with E-state index in [-0.39, 0.29) is 24.7 Å². The van der Waals surface area contributed by atoms with Crippen LogP contribution < -0.4 is 0 Å². The molecule has 8 rings (SSSR count). The Morgan fingerprint density at radius 1 is 0.684 bits per heavy atom. The molecule has 23 nitrogen and oxygen atoms in total. The van der Waals surface area contributed by atoms with Gasteiger partial charge in [-0.2, -0.15) is 0 Å². The maximum Gasteiger partial charge on any atom is 0.335 e. The summed E-state index contributed by atoms with van der Waals surface area (Å²) in [7, 11) is 0. The number of allylic oxidation sites excluding steroid dienone is 3. The van der Waals surface area contributed by atoms with Gasteiger partial charge in [0, 0.05) is 11.0 Å². The largest absolute Gasteiger partial charge is 0.479 e. The molecular weight excluding hydrogens is 1000 g/mol. The van der Waals surface area contributed by atoms with E-state index in [4.69, 9.17) is 33.2 Å². The summed E-state index contributed by atoms with van der Waals surface area (Å²) in [6, 6.07) is 0. The number of aliphatic hydroxyl groups excluding tert-OH is 13. The second kappa shape index (κ2) is 21.5. The maximum atomic E-state index is 13.4. The molecule has 5 aliphatic carbocycles. The summed E-state index contributed by atoms with van der Waals surface area (Å²) in [5.41, 5.74) is -3.64. The zero-order valence-corrected chi connectivity index (χ0v) is 44.6. The van der Waals surface area contributed by atoms with E-state index >= 15 is 0 Å². The zero-order chi connectivity index (χ0) is 56.2. The van der Waals surface area contributed by atoms with Crippen LogP contribution in [-0.2, 0) is 42.7 Å². The molecule has 0 aromatic heterocycles. The summed E-state index contributed by atoms with van der Waals surface area (Å²) in [4.78, 5) is 26.5. The van der Waals surface area contributed by atoms with Gasteiger partial charge in [-0.3, -0.25) is 0 Å². The van der Waals surface area contributed by atoms with E-state index in [1.807, 2.05) is 20.8 Å². The van der Waals surface area contributed by atoms with Crippen LogP contribution in [0.25, 0.3) is 0 Å². The first-order valence-electron chi connectivity index (χ1n) is 26.8. The lowest BCUT2D eigenvalue weighted by Gasteiger charge is -2.72. The van der Waals surface area contributed by atoms with Gasteiger partial charge in [-0.25, -0.2) is 9.59 Å². The van der Waals surface area contributed by atoms with Gasteiger partial charge in [-0.1, -0.05) is 59.3 Å². The molecule has 23 heteroatoms. The van der Waals surface area contributed by atoms with Gasteiger partial charge in [0.25, 0.3) is 0 Å². The van der Waals surface area contributed by atoms with Crippen LogP contribution in [0.5, 0.6) is 0 Å². The number of ether oxygens (including phenoxy) is 7. The summed E-state index contributed by atoms with van der Waals surface area (Å²) in [5.74, 6) is -3.19. The molecule has 27 atom stereocenters. The highest BCUT2D eigenvalue weighted by atomic mass is 16.8. The van der Waals surface area contributed by atoms with Gasteiger partial charge in [0.1, 0.15) is 73.2 Å². The van der Waals surface area contributed by atoms with Crippen LogP contribution in [0.4, 0.5) is 0 Å². The summed E-state index contributed by atoms with van der Waals surface area (Å²) in [5, 5.41) is 154. The molecule has 434 valence electrons. The molecule has 4 saturated carbocycles. The Kier molecular flexibility index (Phi) is 16.9. The predicted octanol–water partition coefficient (Wildman–Crippen LogP) is -1.89. The summed E-state index contributed by atoms with van der Waals surface area (Å²) >= 11 is 0. The highest BCUT2D eigenvalue weighted by Crippen LogP contribution is 2.76. The Morgan fingerprint density at radius 3 is 1.79 bits per heavy atom. The van der Waals surface area contributed by atoms with Crippen molar-refractivity contribution in [2.24, 2.45) is 50.2 Å². The van der Waals surface area contributed by atoms with E-state index in [9.17, 15) is 81.1 Å². The highest BCUT2D eigenvalue weighted by molar-refractivity contribution is 5.87. The second-order valence-corrected chi connectivity index (χ2v) is 24.9. The first-order valence-corrected chi connectivity index (χ1v) is 26.8. The molecule has 2 unspecified atom stereocenters. The van der Waals surface area contributed by atoms with Gasteiger partial charge in [-0.15, -0.1) is 0 Å². The topological polar surface area (TPSA) is 382 Å². The van der Waals surface area contributed by atoms with Gasteiger partial charge in [0.2, 0.25) is 0 Å². The Morgan fingerprint density at radius 2 is 1.26 bits per heavy atom. The minimum Gasteiger partial charge on any atom is -0.479 e. The van der Waals surface area contributed by atoms with Crippen LogP contribution in [-0.4, -0.2) is 226 Å². The standard InChI is InChI=1S/C53H84O23/c1-9-22(2)44(69)76-42-41(66)48(3,4)16-24-23-10-11-28-49(5)14-13-30(50(6,20-56)27(49)12-15-51(28,7)52(23,8)17-29(58)53(24,42)21-57)72-47-39(74-46-36(64)34(62)32(60)26(19-55)71-46)37(65)38(40(75-47)43(67)68)73-45-35(63)33(61)31(59)25(18-54)70-45/h9-10,24-42,45-47,54-66H,11-21H2,1-8H3,(H,67,68)/b22-9-/t24?,25-,26-,27?,28-,29-,30+,31-,32-,33+,34+,35-,36-,37+,38+,39-,40+,41+,42+,45+,46+,47-,49+,50-,51-,52-,53+/m1/s1. The monoisotopic (exact) mass is 1090 g/mol. The zero-order valence-electron chi connectivity index (χ0n) is 44.6. The number of aliphatic carboxylic acids is 1. The molecule has 0 aromatic rings. The fourth-order valence-electron chi connectivity index (χ4n) is 15.9. The summed E-state index contributed by atoms with van der Waals surface area (Å²) in [6.45, 7) is 12.9. The van der Waals surface area contributed by atoms with E-state index in [1.54, 1.807) is 19.9 Å². The first kappa shape index (κ1) is 59.8. The lowest BCUT2D eigenvalue weighted by Crippen LogP contribution is -2.72. The Labute approximate surface area is 442 Å². The van der Waals surface area contributed by atoms with Crippen molar-refractivity contribution in [3.8, 4) is 0 Å². The molecule has 76 heavy (non-hydrogen) atoms. The van der Waals surface area contributed by atoms with E-state index in [1.165, 1.54) is 0 Å². The maximum absolute atomic E-state index is 13.4. The van der Waals surface area contributed by atoms with Crippen LogP contribution >= 0.6 is 0 Å². The third-order valence-corrected chi connectivity index (χ3v) is 20.8. The van der Waals surface area contributed by atoms with Crippen molar-refractivity contribution in [2.45, 2.75) is 217 Å². The second-order valence-electron chi connectivity index (χ2n) is 24.9. The Hall–Kier alpha value is -2.34. The number of rotatable bonds is 13. The molecular formula is C53H84O23. The van der Waals surface area contributed by atoms with Gasteiger partial charge in [0.05, 0.1) is 50.2 Å². The lowest BCUT2D eigenvalue weighted by molar-refractivity contribution is -0.392. The fraction of sp³-hybridized carbons (Fsp3) is 0.887. The number of carbonyl (C=O) groups excluding carboxylic acids is 1. The number of aliphatic hydroxyl groups is 13. The third kappa shape index (κ3) is 9.16. The minimum atomic E-state index is -2.17. The molecule has 14 N–H and O–H groups in total. The van der Waals surface area contributed by atoms with Gasteiger partial charge in [-0.05, 0) is 98.2 Å². The molecule has 3 saturated heterocycles. The first-order chi connectivity index (χ1) is 35.5. The number of hydrogen-bond donors (Lipinski definition) is 14. The number of carboxylic acids is 1. The molecule has 7 fully saturated rings. The number of fused-ring (bicyclic) bond motifs is 7. The van der Waals surface area contributed by atoms with E-state index in [0.29, 0.717) is 37.7 Å². The van der Waals surface area contributed by atoms with Crippen molar-refractivity contribution in [3.05, 3.63) is 23.3 Å². The van der Waals surface area contributed by atoms with Crippen LogP contribution in [0.2, 0.25) is 0 Å². The van der Waals surface area contributed by atoms with E-state index in [2.05, 4.69) is 26.8 Å². The van der Waals surface area contributed by atoms with Crippen LogP contribution in [0.3, 0.4) is 0 Å². The van der Waals surface area contributed by atoms with Crippen molar-refractivity contribution in [1.82, 2.24) is 0 Å². The molecule has 0 amide bonds. The Bertz CT molecular complexity index is 2170. The molecule has 3 heterocycles. The average molecular weight is 1090 g/mol. The van der Waals surface area contributed by atoms with Gasteiger partial charge in [0.15, 0.2) is 25.0 Å². The molecule has 3 aliphatic heterocycles. The average Bonchev–Trinajstić information content (AvgIpc) is 3.41. The summed E-state index contributed by atoms with van der Waals surface area (Å²) in [6.07, 6.45) is -26.4. The predicted molar refractivity (Wildman–Crippen MR) is 259 cm³/mol. The highest BCUT2D eigenvalue weighted by Gasteiger charge is 2.74. The Balaban J connectivity index is 1.11. The fourth-order valence-corrected chi connectivity index (χ4v) is 15.9. The van der Waals surface area contributed by atoms with Crippen LogP contribution in [0.1, 0.15) is 100 Å². The smallest absolute Gasteiger partial charge is 0.335 e. The van der Waals surface area contributed by atoms with Crippen molar-refractivity contribution in [1.29, 1.82) is 0 Å².